The second kappa shape index (κ2) is 6.89. The lowest BCUT2D eigenvalue weighted by atomic mass is 9.53. The number of aryl methyl sites for hydroxylation is 2. The molecule has 2 N–H and O–H groups in total. The summed E-state index contributed by atoms with van der Waals surface area (Å²) in [6, 6.07) is 2.31. The summed E-state index contributed by atoms with van der Waals surface area (Å²) in [6.07, 6.45) is 9.72. The number of aromatic nitrogens is 2. The Morgan fingerprint density at radius 2 is 1.54 bits per heavy atom. The van der Waals surface area contributed by atoms with Gasteiger partial charge in [-0.05, 0) is 89.0 Å². The number of anilines is 1. The fourth-order valence-electron chi connectivity index (χ4n) is 6.80. The lowest BCUT2D eigenvalue weighted by Crippen LogP contribution is -2.62. The molecule has 1 saturated heterocycles. The maximum absolute atomic E-state index is 12.8. The fraction of sp³-hybridized carbons (Fsp3) is 0.773. The molecule has 5 fully saturated rings. The molecule has 6 nitrogen and oxygen atoms in total. The highest BCUT2D eigenvalue weighted by atomic mass is 16.2. The Morgan fingerprint density at radius 1 is 1.00 bits per heavy atom. The van der Waals surface area contributed by atoms with E-state index in [0.717, 1.165) is 61.0 Å². The quantitative estimate of drug-likeness (QED) is 0.840. The summed E-state index contributed by atoms with van der Waals surface area (Å²) >= 11 is 0. The molecule has 6 rings (SSSR count). The van der Waals surface area contributed by atoms with Crippen LogP contribution in [0.1, 0.15) is 62.8 Å². The van der Waals surface area contributed by atoms with Crippen LogP contribution in [0.2, 0.25) is 0 Å². The minimum absolute atomic E-state index is 0.0584. The third-order valence-corrected chi connectivity index (χ3v) is 7.50. The second-order valence-corrected chi connectivity index (χ2v) is 10.0. The molecule has 0 unspecified atom stereocenters. The minimum Gasteiger partial charge on any atom is -0.341 e. The highest BCUT2D eigenvalue weighted by Crippen LogP contribution is 2.55. The standard InChI is InChI=1S/C22H33N5O/c1-14-7-15(2)24-20(23-14)27-5-3-19(4-6-27)25-21(28)26-22-11-16-8-17(12-22)10-18(9-16)13-22/h7,16-19H,3-6,8-13H2,1-2H3,(H2,25,26,28). The van der Waals surface area contributed by atoms with Gasteiger partial charge in [0.2, 0.25) is 5.95 Å². The Balaban J connectivity index is 1.14. The Hall–Kier alpha value is -1.85. The summed E-state index contributed by atoms with van der Waals surface area (Å²) in [4.78, 5) is 24.2. The number of rotatable bonds is 3. The van der Waals surface area contributed by atoms with Crippen LogP contribution in [0.15, 0.2) is 6.07 Å². The molecule has 152 valence electrons. The van der Waals surface area contributed by atoms with Crippen LogP contribution in [0.4, 0.5) is 10.7 Å². The SMILES string of the molecule is Cc1cc(C)nc(N2CCC(NC(=O)NC34CC5CC(CC(C5)C3)C4)CC2)n1. The van der Waals surface area contributed by atoms with Gasteiger partial charge >= 0.3 is 6.03 Å². The number of nitrogens with one attached hydrogen (secondary N) is 2. The number of hydrogen-bond acceptors (Lipinski definition) is 4. The smallest absolute Gasteiger partial charge is 0.315 e. The Bertz CT molecular complexity index is 700. The first-order chi connectivity index (χ1) is 13.5. The summed E-state index contributed by atoms with van der Waals surface area (Å²) in [5, 5.41) is 6.71. The van der Waals surface area contributed by atoms with E-state index < -0.39 is 0 Å². The molecule has 1 aliphatic heterocycles. The molecular formula is C22H33N5O. The van der Waals surface area contributed by atoms with Crippen LogP contribution in [-0.2, 0) is 0 Å². The highest BCUT2D eigenvalue weighted by molar-refractivity contribution is 5.75. The molecule has 4 bridgehead atoms. The van der Waals surface area contributed by atoms with Crippen molar-refractivity contribution >= 4 is 12.0 Å². The van der Waals surface area contributed by atoms with Crippen LogP contribution < -0.4 is 15.5 Å². The topological polar surface area (TPSA) is 70.2 Å². The predicted octanol–water partition coefficient (Wildman–Crippen LogP) is 3.33. The number of nitrogens with zero attached hydrogens (tertiary/aromatic N) is 3. The highest BCUT2D eigenvalue weighted by Gasteiger charge is 2.51. The molecule has 4 aliphatic carbocycles. The molecule has 0 atom stereocenters. The van der Waals surface area contributed by atoms with Crippen molar-refractivity contribution in [2.75, 3.05) is 18.0 Å². The van der Waals surface area contributed by atoms with Crippen LogP contribution in [-0.4, -0.2) is 40.7 Å². The van der Waals surface area contributed by atoms with Gasteiger partial charge in [0.1, 0.15) is 0 Å². The zero-order valence-corrected chi connectivity index (χ0v) is 17.2. The Kier molecular flexibility index (Phi) is 4.48. The van der Waals surface area contributed by atoms with Gasteiger partial charge in [-0.3, -0.25) is 0 Å². The molecule has 1 aromatic rings. The normalized spacial score (nSPS) is 34.5. The third kappa shape index (κ3) is 3.58. The van der Waals surface area contributed by atoms with Crippen molar-refractivity contribution in [2.45, 2.75) is 76.8 Å². The first-order valence-electron chi connectivity index (χ1n) is 11.1. The zero-order valence-electron chi connectivity index (χ0n) is 17.2. The lowest BCUT2D eigenvalue weighted by Gasteiger charge is -2.56. The van der Waals surface area contributed by atoms with Gasteiger partial charge in [0, 0.05) is 36.1 Å². The molecule has 28 heavy (non-hydrogen) atoms. The van der Waals surface area contributed by atoms with Gasteiger partial charge in [0.15, 0.2) is 0 Å². The van der Waals surface area contributed by atoms with Crippen molar-refractivity contribution in [2.24, 2.45) is 17.8 Å². The van der Waals surface area contributed by atoms with Gasteiger partial charge in [-0.25, -0.2) is 14.8 Å². The van der Waals surface area contributed by atoms with Crippen LogP contribution >= 0.6 is 0 Å². The second-order valence-electron chi connectivity index (χ2n) is 10.0. The third-order valence-electron chi connectivity index (χ3n) is 7.50. The van der Waals surface area contributed by atoms with Crippen LogP contribution in [0.3, 0.4) is 0 Å². The van der Waals surface area contributed by atoms with Gasteiger partial charge in [-0.1, -0.05) is 0 Å². The molecule has 0 spiro atoms. The van der Waals surface area contributed by atoms with Crippen LogP contribution in [0, 0.1) is 31.6 Å². The molecule has 0 radical (unpaired) electrons. The monoisotopic (exact) mass is 383 g/mol. The number of carbonyl (C=O) groups excluding carboxylic acids is 1. The summed E-state index contributed by atoms with van der Waals surface area (Å²) in [5.74, 6) is 3.39. The maximum Gasteiger partial charge on any atom is 0.315 e. The van der Waals surface area contributed by atoms with E-state index in [4.69, 9.17) is 0 Å². The molecule has 0 aromatic carbocycles. The number of carbonyl (C=O) groups is 1. The minimum atomic E-state index is 0.0584. The molecule has 5 aliphatic rings. The fourth-order valence-corrected chi connectivity index (χ4v) is 6.80. The lowest BCUT2D eigenvalue weighted by molar-refractivity contribution is -0.0137. The summed E-state index contributed by atoms with van der Waals surface area (Å²) in [6.45, 7) is 5.82. The van der Waals surface area contributed by atoms with E-state index in [1.165, 1.54) is 38.5 Å². The molecule has 2 heterocycles. The maximum atomic E-state index is 12.8. The van der Waals surface area contributed by atoms with Gasteiger partial charge in [-0.15, -0.1) is 0 Å². The molecular weight excluding hydrogens is 350 g/mol. The van der Waals surface area contributed by atoms with E-state index in [1.807, 2.05) is 19.9 Å². The summed E-state index contributed by atoms with van der Waals surface area (Å²) < 4.78 is 0. The van der Waals surface area contributed by atoms with E-state index in [2.05, 4.69) is 25.5 Å². The zero-order chi connectivity index (χ0) is 19.3. The number of amides is 2. The number of piperidine rings is 1. The van der Waals surface area contributed by atoms with E-state index in [9.17, 15) is 4.79 Å². The summed E-state index contributed by atoms with van der Waals surface area (Å²) in [7, 11) is 0. The van der Waals surface area contributed by atoms with Gasteiger partial charge < -0.3 is 15.5 Å². The van der Waals surface area contributed by atoms with Crippen LogP contribution in [0.25, 0.3) is 0 Å². The number of urea groups is 1. The van der Waals surface area contributed by atoms with Crippen molar-refractivity contribution in [3.63, 3.8) is 0 Å². The largest absolute Gasteiger partial charge is 0.341 e. The van der Waals surface area contributed by atoms with Crippen molar-refractivity contribution in [3.05, 3.63) is 17.5 Å². The van der Waals surface area contributed by atoms with Crippen molar-refractivity contribution in [3.8, 4) is 0 Å². The summed E-state index contributed by atoms with van der Waals surface area (Å²) in [5.41, 5.74) is 2.11. The Morgan fingerprint density at radius 3 is 2.07 bits per heavy atom. The van der Waals surface area contributed by atoms with Crippen molar-refractivity contribution in [1.29, 1.82) is 0 Å². The molecule has 2 amide bonds. The molecule has 6 heteroatoms. The van der Waals surface area contributed by atoms with E-state index in [1.54, 1.807) is 0 Å². The molecule has 1 aromatic heterocycles. The van der Waals surface area contributed by atoms with E-state index in [0.29, 0.717) is 0 Å². The Labute approximate surface area is 167 Å². The van der Waals surface area contributed by atoms with Crippen LogP contribution in [0.5, 0.6) is 0 Å². The number of hydrogen-bond donors (Lipinski definition) is 2. The van der Waals surface area contributed by atoms with Gasteiger partial charge in [0.05, 0.1) is 0 Å². The van der Waals surface area contributed by atoms with Gasteiger partial charge in [-0.2, -0.15) is 0 Å². The van der Waals surface area contributed by atoms with E-state index >= 15 is 0 Å². The van der Waals surface area contributed by atoms with E-state index in [-0.39, 0.29) is 17.6 Å². The first-order valence-corrected chi connectivity index (χ1v) is 11.1. The average Bonchev–Trinajstić information content (AvgIpc) is 2.59. The first kappa shape index (κ1) is 18.2. The van der Waals surface area contributed by atoms with Crippen molar-refractivity contribution < 1.29 is 4.79 Å². The average molecular weight is 384 g/mol. The van der Waals surface area contributed by atoms with Gasteiger partial charge in [0.25, 0.3) is 0 Å². The predicted molar refractivity (Wildman–Crippen MR) is 109 cm³/mol. The van der Waals surface area contributed by atoms with Crippen molar-refractivity contribution in [1.82, 2.24) is 20.6 Å². The molecule has 4 saturated carbocycles.